The number of hydroxylamine groups is 2. The molecule has 3 unspecified atom stereocenters. The van der Waals surface area contributed by atoms with Crippen LogP contribution in [0.15, 0.2) is 48.5 Å². The fourth-order valence-corrected chi connectivity index (χ4v) is 4.93. The summed E-state index contributed by atoms with van der Waals surface area (Å²) in [5.74, 6) is -1.26. The molecule has 0 bridgehead atoms. The van der Waals surface area contributed by atoms with E-state index in [-0.39, 0.29) is 24.5 Å². The molecule has 144 valence electrons. The number of carboxylic acids is 1. The van der Waals surface area contributed by atoms with E-state index in [1.54, 1.807) is 0 Å². The summed E-state index contributed by atoms with van der Waals surface area (Å²) < 4.78 is 5.57. The number of ether oxygens (including phenoxy) is 1. The fraction of sp³-hybridized carbons (Fsp3) is 0.364. The van der Waals surface area contributed by atoms with Crippen LogP contribution in [0.3, 0.4) is 0 Å². The predicted octanol–water partition coefficient (Wildman–Crippen LogP) is 3.80. The van der Waals surface area contributed by atoms with Crippen LogP contribution in [0, 0.1) is 5.92 Å². The van der Waals surface area contributed by atoms with E-state index in [9.17, 15) is 14.7 Å². The van der Waals surface area contributed by atoms with Gasteiger partial charge in [-0.05, 0) is 35.1 Å². The van der Waals surface area contributed by atoms with E-state index in [0.717, 1.165) is 46.6 Å². The topological polar surface area (TPSA) is 76.1 Å². The Kier molecular flexibility index (Phi) is 4.09. The highest BCUT2D eigenvalue weighted by Crippen LogP contribution is 2.45. The first-order valence-electron chi connectivity index (χ1n) is 9.69. The van der Waals surface area contributed by atoms with Crippen LogP contribution in [0.25, 0.3) is 11.1 Å². The number of rotatable bonds is 3. The standard InChI is InChI=1S/C22H21NO5/c24-21(25)20-17-10-5-11-19(17)28-23(20)22(26)27-12-18-15-8-3-1-6-13(15)14-7-2-4-9-16(14)18/h1-4,6-9,17-20H,5,10-12H2,(H,24,25). The molecule has 28 heavy (non-hydrogen) atoms. The first-order valence-corrected chi connectivity index (χ1v) is 9.69. The van der Waals surface area contributed by atoms with Gasteiger partial charge in [0.15, 0.2) is 6.04 Å². The Bertz CT molecular complexity index is 897. The molecule has 1 saturated heterocycles. The molecule has 1 heterocycles. The average molecular weight is 379 g/mol. The van der Waals surface area contributed by atoms with Gasteiger partial charge in [0.25, 0.3) is 0 Å². The third-order valence-electron chi connectivity index (χ3n) is 6.18. The lowest BCUT2D eigenvalue weighted by Gasteiger charge is -2.22. The Balaban J connectivity index is 1.35. The van der Waals surface area contributed by atoms with Gasteiger partial charge in [0.05, 0.1) is 6.10 Å². The van der Waals surface area contributed by atoms with Crippen LogP contribution in [-0.4, -0.2) is 41.0 Å². The summed E-state index contributed by atoms with van der Waals surface area (Å²) in [6.07, 6.45) is 1.54. The Morgan fingerprint density at radius 2 is 1.68 bits per heavy atom. The van der Waals surface area contributed by atoms with Gasteiger partial charge in [-0.3, -0.25) is 4.84 Å². The Morgan fingerprint density at radius 1 is 1.04 bits per heavy atom. The summed E-state index contributed by atoms with van der Waals surface area (Å²) >= 11 is 0. The van der Waals surface area contributed by atoms with E-state index in [1.165, 1.54) is 0 Å². The normalized spacial score (nSPS) is 25.3. The lowest BCUT2D eigenvalue weighted by Crippen LogP contribution is -2.43. The van der Waals surface area contributed by atoms with Crippen LogP contribution >= 0.6 is 0 Å². The zero-order chi connectivity index (χ0) is 19.3. The van der Waals surface area contributed by atoms with Crippen molar-refractivity contribution >= 4 is 12.1 Å². The van der Waals surface area contributed by atoms with Gasteiger partial charge in [-0.1, -0.05) is 55.0 Å². The number of fused-ring (bicyclic) bond motifs is 4. The molecular weight excluding hydrogens is 358 g/mol. The van der Waals surface area contributed by atoms with E-state index in [4.69, 9.17) is 9.57 Å². The molecule has 3 atom stereocenters. The first-order chi connectivity index (χ1) is 13.6. The summed E-state index contributed by atoms with van der Waals surface area (Å²) in [5, 5.41) is 10.5. The number of benzene rings is 2. The van der Waals surface area contributed by atoms with Gasteiger partial charge < -0.3 is 9.84 Å². The molecule has 0 radical (unpaired) electrons. The maximum Gasteiger partial charge on any atom is 0.434 e. The molecule has 3 aliphatic rings. The van der Waals surface area contributed by atoms with E-state index in [1.807, 2.05) is 36.4 Å². The SMILES string of the molecule is O=C(O)C1C2CCCC2ON1C(=O)OCC1c2ccccc2-c2ccccc21. The average Bonchev–Trinajstić information content (AvgIpc) is 3.37. The highest BCUT2D eigenvalue weighted by Gasteiger charge is 2.52. The van der Waals surface area contributed by atoms with Gasteiger partial charge in [-0.15, -0.1) is 0 Å². The molecule has 2 aliphatic carbocycles. The Hall–Kier alpha value is -2.86. The van der Waals surface area contributed by atoms with Crippen molar-refractivity contribution in [3.63, 3.8) is 0 Å². The van der Waals surface area contributed by atoms with Crippen LogP contribution in [0.5, 0.6) is 0 Å². The van der Waals surface area contributed by atoms with E-state index < -0.39 is 18.1 Å². The lowest BCUT2D eigenvalue weighted by atomic mass is 9.97. The molecule has 6 heteroatoms. The second-order valence-corrected chi connectivity index (χ2v) is 7.65. The Labute approximate surface area is 162 Å². The van der Waals surface area contributed by atoms with Crippen LogP contribution < -0.4 is 0 Å². The van der Waals surface area contributed by atoms with E-state index in [0.29, 0.717) is 0 Å². The minimum absolute atomic E-state index is 0.0678. The quantitative estimate of drug-likeness (QED) is 0.878. The van der Waals surface area contributed by atoms with Crippen molar-refractivity contribution in [2.24, 2.45) is 5.92 Å². The fourth-order valence-electron chi connectivity index (χ4n) is 4.93. The summed E-state index contributed by atoms with van der Waals surface area (Å²) in [7, 11) is 0. The number of carbonyl (C=O) groups is 2. The van der Waals surface area contributed by atoms with Gasteiger partial charge in [-0.2, -0.15) is 5.06 Å². The van der Waals surface area contributed by atoms with E-state index >= 15 is 0 Å². The van der Waals surface area contributed by atoms with Gasteiger partial charge in [0, 0.05) is 11.8 Å². The van der Waals surface area contributed by atoms with Crippen molar-refractivity contribution < 1.29 is 24.3 Å². The molecule has 6 nitrogen and oxygen atoms in total. The van der Waals surface area contributed by atoms with Crippen LogP contribution in [-0.2, 0) is 14.4 Å². The molecule has 0 spiro atoms. The van der Waals surface area contributed by atoms with Crippen molar-refractivity contribution in [2.75, 3.05) is 6.61 Å². The summed E-state index contributed by atoms with van der Waals surface area (Å²) in [4.78, 5) is 30.1. The molecule has 1 aliphatic heterocycles. The third-order valence-corrected chi connectivity index (χ3v) is 6.18. The zero-order valence-corrected chi connectivity index (χ0v) is 15.3. The molecule has 2 aromatic carbocycles. The molecule has 0 aromatic heterocycles. The number of nitrogens with zero attached hydrogens (tertiary/aromatic N) is 1. The smallest absolute Gasteiger partial charge is 0.434 e. The molecule has 1 amide bonds. The summed E-state index contributed by atoms with van der Waals surface area (Å²) in [5.41, 5.74) is 4.53. The monoisotopic (exact) mass is 379 g/mol. The molecule has 5 rings (SSSR count). The number of hydrogen-bond donors (Lipinski definition) is 1. The minimum Gasteiger partial charge on any atom is -0.480 e. The number of amides is 1. The van der Waals surface area contributed by atoms with Gasteiger partial charge >= 0.3 is 12.1 Å². The highest BCUT2D eigenvalue weighted by atomic mass is 16.7. The highest BCUT2D eigenvalue weighted by molar-refractivity contribution is 5.81. The van der Waals surface area contributed by atoms with Crippen molar-refractivity contribution in [1.29, 1.82) is 0 Å². The molecular formula is C22H21NO5. The van der Waals surface area contributed by atoms with Crippen molar-refractivity contribution in [2.45, 2.75) is 37.3 Å². The lowest BCUT2D eigenvalue weighted by molar-refractivity contribution is -0.165. The van der Waals surface area contributed by atoms with Crippen LogP contribution in [0.2, 0.25) is 0 Å². The minimum atomic E-state index is -1.04. The van der Waals surface area contributed by atoms with Gasteiger partial charge in [0.1, 0.15) is 6.61 Å². The third kappa shape index (κ3) is 2.59. The number of carboxylic acid groups (broad SMARTS) is 1. The maximum absolute atomic E-state index is 12.7. The van der Waals surface area contributed by atoms with Gasteiger partial charge in [-0.25, -0.2) is 9.59 Å². The first kappa shape index (κ1) is 17.3. The van der Waals surface area contributed by atoms with Gasteiger partial charge in [0.2, 0.25) is 0 Å². The zero-order valence-electron chi connectivity index (χ0n) is 15.3. The molecule has 1 N–H and O–H groups in total. The second kappa shape index (κ2) is 6.63. The van der Waals surface area contributed by atoms with E-state index in [2.05, 4.69) is 12.1 Å². The Morgan fingerprint density at radius 3 is 2.32 bits per heavy atom. The van der Waals surface area contributed by atoms with Crippen molar-refractivity contribution in [3.8, 4) is 11.1 Å². The largest absolute Gasteiger partial charge is 0.480 e. The van der Waals surface area contributed by atoms with Crippen molar-refractivity contribution in [1.82, 2.24) is 5.06 Å². The number of hydrogen-bond acceptors (Lipinski definition) is 4. The molecule has 2 fully saturated rings. The number of aliphatic carboxylic acids is 1. The summed E-state index contributed by atoms with van der Waals surface area (Å²) in [6.45, 7) is 0.147. The maximum atomic E-state index is 12.7. The number of carbonyl (C=O) groups excluding carboxylic acids is 1. The second-order valence-electron chi connectivity index (χ2n) is 7.65. The molecule has 1 saturated carbocycles. The molecule has 2 aromatic rings. The summed E-state index contributed by atoms with van der Waals surface area (Å²) in [6, 6.07) is 15.2. The van der Waals surface area contributed by atoms with Crippen molar-refractivity contribution in [3.05, 3.63) is 59.7 Å². The van der Waals surface area contributed by atoms with Crippen LogP contribution in [0.4, 0.5) is 4.79 Å². The predicted molar refractivity (Wildman–Crippen MR) is 101 cm³/mol. The van der Waals surface area contributed by atoms with Crippen LogP contribution in [0.1, 0.15) is 36.3 Å².